The fourth-order valence-electron chi connectivity index (χ4n) is 3.15. The van der Waals surface area contributed by atoms with Gasteiger partial charge in [-0.25, -0.2) is 4.79 Å². The van der Waals surface area contributed by atoms with Crippen LogP contribution in [0, 0.1) is 11.8 Å². The predicted octanol–water partition coefficient (Wildman–Crippen LogP) is 5.22. The summed E-state index contributed by atoms with van der Waals surface area (Å²) in [5, 5.41) is 7.53. The van der Waals surface area contributed by atoms with Crippen LogP contribution in [0.15, 0.2) is 36.5 Å². The lowest BCUT2D eigenvalue weighted by molar-refractivity contribution is 0.0525. The first-order valence-electron chi connectivity index (χ1n) is 9.79. The van der Waals surface area contributed by atoms with Crippen LogP contribution in [0.5, 0.6) is 0 Å². The van der Waals surface area contributed by atoms with Crippen molar-refractivity contribution in [1.29, 1.82) is 0 Å². The summed E-state index contributed by atoms with van der Waals surface area (Å²) in [7, 11) is 0. The van der Waals surface area contributed by atoms with Gasteiger partial charge in [0, 0.05) is 24.7 Å². The van der Waals surface area contributed by atoms with Crippen LogP contribution in [0.25, 0.3) is 10.9 Å². The number of hydrogen-bond acceptors (Lipinski definition) is 4. The Morgan fingerprint density at radius 1 is 1.15 bits per heavy atom. The smallest absolute Gasteiger partial charge is 0.407 e. The van der Waals surface area contributed by atoms with Crippen molar-refractivity contribution < 1.29 is 9.53 Å². The van der Waals surface area contributed by atoms with Gasteiger partial charge in [-0.3, -0.25) is 4.98 Å². The molecule has 0 saturated heterocycles. The molecule has 1 aromatic carbocycles. The number of anilines is 1. The Hall–Kier alpha value is -2.30. The average Bonchev–Trinajstić information content (AvgIpc) is 2.58. The molecular formula is C22H33N3O2. The number of fused-ring (bicyclic) bond motifs is 1. The van der Waals surface area contributed by atoms with Crippen LogP contribution in [0.3, 0.4) is 0 Å². The highest BCUT2D eigenvalue weighted by atomic mass is 16.6. The van der Waals surface area contributed by atoms with E-state index in [0.29, 0.717) is 18.4 Å². The Morgan fingerprint density at radius 3 is 2.63 bits per heavy atom. The third-order valence-electron chi connectivity index (χ3n) is 4.38. The molecule has 2 atom stereocenters. The summed E-state index contributed by atoms with van der Waals surface area (Å²) < 4.78 is 5.26. The number of ether oxygens (including phenoxy) is 1. The topological polar surface area (TPSA) is 63.2 Å². The Balaban J connectivity index is 1.72. The first-order chi connectivity index (χ1) is 12.7. The lowest BCUT2D eigenvalue weighted by Crippen LogP contribution is -2.33. The monoisotopic (exact) mass is 371 g/mol. The van der Waals surface area contributed by atoms with Gasteiger partial charge in [-0.15, -0.1) is 0 Å². The highest BCUT2D eigenvalue weighted by molar-refractivity contribution is 5.90. The Labute approximate surface area is 162 Å². The molecule has 0 bridgehead atoms. The van der Waals surface area contributed by atoms with Crippen molar-refractivity contribution in [2.24, 2.45) is 11.8 Å². The molecule has 1 aromatic heterocycles. The number of aromatic nitrogens is 1. The molecule has 1 amide bonds. The van der Waals surface area contributed by atoms with E-state index in [4.69, 9.17) is 4.74 Å². The number of carbonyl (C=O) groups excluding carboxylic acids is 1. The fourth-order valence-corrected chi connectivity index (χ4v) is 3.15. The minimum absolute atomic E-state index is 0.340. The molecule has 1 heterocycles. The summed E-state index contributed by atoms with van der Waals surface area (Å²) >= 11 is 0. The van der Waals surface area contributed by atoms with E-state index in [1.807, 2.05) is 33.0 Å². The minimum Gasteiger partial charge on any atom is -0.444 e. The molecule has 0 saturated carbocycles. The number of alkyl carbamates (subject to hydrolysis) is 1. The van der Waals surface area contributed by atoms with Crippen molar-refractivity contribution in [3.05, 3.63) is 36.5 Å². The van der Waals surface area contributed by atoms with E-state index in [1.54, 1.807) is 0 Å². The van der Waals surface area contributed by atoms with Crippen LogP contribution < -0.4 is 10.6 Å². The highest BCUT2D eigenvalue weighted by Crippen LogP contribution is 2.22. The van der Waals surface area contributed by atoms with Crippen molar-refractivity contribution in [1.82, 2.24) is 10.3 Å². The zero-order valence-corrected chi connectivity index (χ0v) is 17.2. The number of nitrogens with zero attached hydrogens (tertiary/aromatic N) is 1. The van der Waals surface area contributed by atoms with E-state index >= 15 is 0 Å². The minimum atomic E-state index is -0.452. The molecule has 148 valence electrons. The Morgan fingerprint density at radius 2 is 1.89 bits per heavy atom. The van der Waals surface area contributed by atoms with Crippen LogP contribution in [0.4, 0.5) is 10.5 Å². The summed E-state index contributed by atoms with van der Waals surface area (Å²) in [6, 6.07) is 10.3. The van der Waals surface area contributed by atoms with Crippen molar-refractivity contribution in [2.45, 2.75) is 53.1 Å². The van der Waals surface area contributed by atoms with Gasteiger partial charge in [-0.05, 0) is 57.6 Å². The first-order valence-corrected chi connectivity index (χ1v) is 9.79. The molecule has 0 aliphatic carbocycles. The van der Waals surface area contributed by atoms with E-state index in [9.17, 15) is 4.79 Å². The number of carbonyl (C=O) groups is 1. The molecule has 2 aromatic rings. The van der Waals surface area contributed by atoms with Gasteiger partial charge in [0.15, 0.2) is 0 Å². The van der Waals surface area contributed by atoms with E-state index in [1.165, 1.54) is 0 Å². The van der Waals surface area contributed by atoms with Crippen LogP contribution in [0.2, 0.25) is 0 Å². The summed E-state index contributed by atoms with van der Waals surface area (Å²) in [5.41, 5.74) is 1.65. The fraction of sp³-hybridized carbons (Fsp3) is 0.545. The van der Waals surface area contributed by atoms with Gasteiger partial charge >= 0.3 is 6.09 Å². The molecule has 0 aliphatic rings. The highest BCUT2D eigenvalue weighted by Gasteiger charge is 2.16. The summed E-state index contributed by atoms with van der Waals surface area (Å²) in [6.45, 7) is 11.6. The largest absolute Gasteiger partial charge is 0.444 e. The number of amides is 1. The summed E-state index contributed by atoms with van der Waals surface area (Å²) in [5.74, 6) is 1.06. The van der Waals surface area contributed by atoms with E-state index < -0.39 is 5.60 Å². The molecule has 27 heavy (non-hydrogen) atoms. The van der Waals surface area contributed by atoms with Gasteiger partial charge in [0.1, 0.15) is 5.60 Å². The molecule has 2 N–H and O–H groups in total. The molecular weight excluding hydrogens is 338 g/mol. The maximum atomic E-state index is 11.7. The molecule has 0 radical (unpaired) electrons. The van der Waals surface area contributed by atoms with Gasteiger partial charge in [0.25, 0.3) is 0 Å². The predicted molar refractivity (Wildman–Crippen MR) is 112 cm³/mol. The van der Waals surface area contributed by atoms with Gasteiger partial charge in [0.2, 0.25) is 0 Å². The number of benzene rings is 1. The average molecular weight is 372 g/mol. The van der Waals surface area contributed by atoms with Gasteiger partial charge in [0.05, 0.1) is 11.2 Å². The first kappa shape index (κ1) is 21.0. The second-order valence-electron chi connectivity index (χ2n) is 8.42. The van der Waals surface area contributed by atoms with E-state index in [0.717, 1.165) is 36.0 Å². The number of hydrogen-bond donors (Lipinski definition) is 2. The van der Waals surface area contributed by atoms with Crippen molar-refractivity contribution in [3.63, 3.8) is 0 Å². The molecule has 0 spiro atoms. The lowest BCUT2D eigenvalue weighted by Gasteiger charge is -2.21. The number of nitrogens with one attached hydrogen (secondary N) is 2. The summed E-state index contributed by atoms with van der Waals surface area (Å²) in [4.78, 5) is 16.2. The third kappa shape index (κ3) is 7.45. The molecule has 5 heteroatoms. The van der Waals surface area contributed by atoms with Crippen molar-refractivity contribution >= 4 is 22.7 Å². The van der Waals surface area contributed by atoms with Crippen LogP contribution in [-0.2, 0) is 4.74 Å². The van der Waals surface area contributed by atoms with Crippen molar-refractivity contribution in [3.8, 4) is 0 Å². The maximum absolute atomic E-state index is 11.7. The van der Waals surface area contributed by atoms with Gasteiger partial charge in [-0.1, -0.05) is 32.0 Å². The standard InChI is InChI=1S/C22H33N3O2/c1-16(11-13-24-21(26)27-22(3,4)5)14-17(2)15-25-19-10-6-8-18-9-7-12-23-20(18)19/h6-10,12,16-17,25H,11,13-15H2,1-5H3,(H,24,26). The van der Waals surface area contributed by atoms with Gasteiger partial charge in [-0.2, -0.15) is 0 Å². The quantitative estimate of drug-likeness (QED) is 0.667. The van der Waals surface area contributed by atoms with E-state index in [-0.39, 0.29) is 6.09 Å². The second-order valence-corrected chi connectivity index (χ2v) is 8.42. The molecule has 0 aliphatic heterocycles. The summed E-state index contributed by atoms with van der Waals surface area (Å²) in [6.07, 6.45) is 3.53. The second kappa shape index (κ2) is 9.58. The van der Waals surface area contributed by atoms with Crippen LogP contribution in [-0.4, -0.2) is 29.8 Å². The third-order valence-corrected chi connectivity index (χ3v) is 4.38. The normalized spacial score (nSPS) is 13.8. The molecule has 0 fully saturated rings. The Kier molecular flexibility index (Phi) is 7.45. The van der Waals surface area contributed by atoms with Gasteiger partial charge < -0.3 is 15.4 Å². The van der Waals surface area contributed by atoms with Crippen molar-refractivity contribution in [2.75, 3.05) is 18.4 Å². The zero-order valence-electron chi connectivity index (χ0n) is 17.2. The van der Waals surface area contributed by atoms with E-state index in [2.05, 4.69) is 53.7 Å². The lowest BCUT2D eigenvalue weighted by atomic mass is 9.94. The number of pyridine rings is 1. The molecule has 5 nitrogen and oxygen atoms in total. The molecule has 2 rings (SSSR count). The molecule has 2 unspecified atom stereocenters. The maximum Gasteiger partial charge on any atom is 0.407 e. The SMILES string of the molecule is CC(CCNC(=O)OC(C)(C)C)CC(C)CNc1cccc2cccnc12. The number of rotatable bonds is 8. The van der Waals surface area contributed by atoms with Crippen LogP contribution in [0.1, 0.15) is 47.5 Å². The Bertz CT molecular complexity index is 734. The zero-order chi connectivity index (χ0) is 19.9. The van der Waals surface area contributed by atoms with Crippen LogP contribution >= 0.6 is 0 Å². The number of para-hydroxylation sites is 1.